The van der Waals surface area contributed by atoms with Gasteiger partial charge in [-0.25, -0.2) is 4.79 Å². The number of amides is 1. The summed E-state index contributed by atoms with van der Waals surface area (Å²) in [4.78, 5) is 34.6. The molecule has 0 aliphatic rings. The molecule has 0 aromatic heterocycles. The van der Waals surface area contributed by atoms with Crippen LogP contribution < -0.4 is 10.1 Å². The van der Waals surface area contributed by atoms with Crippen LogP contribution in [0.3, 0.4) is 0 Å². The van der Waals surface area contributed by atoms with Crippen LogP contribution in [0.25, 0.3) is 0 Å². The zero-order chi connectivity index (χ0) is 17.4. The lowest BCUT2D eigenvalue weighted by Gasteiger charge is -2.14. The highest BCUT2D eigenvalue weighted by Crippen LogP contribution is 2.15. The zero-order valence-electron chi connectivity index (χ0n) is 13.1. The highest BCUT2D eigenvalue weighted by Gasteiger charge is 2.18. The SMILES string of the molecule is C[C@H](OC(=O)COc1ccccc1C=O)C(=O)Nc1ccccc1. The third-order valence-corrected chi connectivity index (χ3v) is 3.11. The minimum atomic E-state index is -0.970. The van der Waals surface area contributed by atoms with Crippen molar-refractivity contribution in [1.29, 1.82) is 0 Å². The van der Waals surface area contributed by atoms with Gasteiger partial charge in [0.05, 0.1) is 5.56 Å². The first-order chi connectivity index (χ1) is 11.6. The number of esters is 1. The van der Waals surface area contributed by atoms with Crippen LogP contribution in [-0.2, 0) is 14.3 Å². The van der Waals surface area contributed by atoms with Gasteiger partial charge >= 0.3 is 5.97 Å². The molecule has 6 heteroatoms. The topological polar surface area (TPSA) is 81.7 Å². The summed E-state index contributed by atoms with van der Waals surface area (Å²) in [6.45, 7) is 1.07. The quantitative estimate of drug-likeness (QED) is 0.624. The molecular formula is C18H17NO5. The smallest absolute Gasteiger partial charge is 0.344 e. The molecule has 2 aromatic carbocycles. The first-order valence-corrected chi connectivity index (χ1v) is 7.32. The molecule has 1 N–H and O–H groups in total. The minimum Gasteiger partial charge on any atom is -0.481 e. The van der Waals surface area contributed by atoms with Crippen molar-refractivity contribution in [3.8, 4) is 5.75 Å². The fourth-order valence-electron chi connectivity index (χ4n) is 1.90. The van der Waals surface area contributed by atoms with Crippen molar-refractivity contribution in [3.05, 3.63) is 60.2 Å². The number of aldehydes is 1. The Hall–Kier alpha value is -3.15. The Balaban J connectivity index is 1.83. The number of para-hydroxylation sites is 2. The molecule has 0 fully saturated rings. The average Bonchev–Trinajstić information content (AvgIpc) is 2.61. The van der Waals surface area contributed by atoms with E-state index < -0.39 is 24.6 Å². The molecule has 0 aliphatic carbocycles. The predicted molar refractivity (Wildman–Crippen MR) is 88.0 cm³/mol. The number of rotatable bonds is 7. The van der Waals surface area contributed by atoms with Crippen LogP contribution in [-0.4, -0.2) is 30.9 Å². The summed E-state index contributed by atoms with van der Waals surface area (Å²) in [6.07, 6.45) is -0.334. The van der Waals surface area contributed by atoms with Gasteiger partial charge in [-0.3, -0.25) is 9.59 Å². The summed E-state index contributed by atoms with van der Waals surface area (Å²) in [7, 11) is 0. The minimum absolute atomic E-state index is 0.283. The van der Waals surface area contributed by atoms with Crippen molar-refractivity contribution >= 4 is 23.9 Å². The van der Waals surface area contributed by atoms with Crippen LogP contribution in [0.1, 0.15) is 17.3 Å². The van der Waals surface area contributed by atoms with Gasteiger partial charge in [-0.05, 0) is 31.2 Å². The molecule has 0 unspecified atom stereocenters. The van der Waals surface area contributed by atoms with E-state index in [-0.39, 0.29) is 5.75 Å². The summed E-state index contributed by atoms with van der Waals surface area (Å²) in [6, 6.07) is 15.4. The van der Waals surface area contributed by atoms with Gasteiger partial charge in [0, 0.05) is 5.69 Å². The molecular weight excluding hydrogens is 310 g/mol. The third kappa shape index (κ3) is 4.95. The van der Waals surface area contributed by atoms with E-state index in [1.807, 2.05) is 6.07 Å². The second kappa shape index (κ2) is 8.47. The molecule has 124 valence electrons. The molecule has 1 atom stereocenters. The molecule has 6 nitrogen and oxygen atoms in total. The number of nitrogens with one attached hydrogen (secondary N) is 1. The van der Waals surface area contributed by atoms with Crippen molar-refractivity contribution in [2.45, 2.75) is 13.0 Å². The van der Waals surface area contributed by atoms with Gasteiger partial charge in [0.2, 0.25) is 0 Å². The second-order valence-corrected chi connectivity index (χ2v) is 4.93. The lowest BCUT2D eigenvalue weighted by molar-refractivity contribution is -0.155. The van der Waals surface area contributed by atoms with Gasteiger partial charge in [-0.1, -0.05) is 30.3 Å². The summed E-state index contributed by atoms with van der Waals surface area (Å²) < 4.78 is 10.3. The number of benzene rings is 2. The number of carbonyl (C=O) groups is 3. The Bertz CT molecular complexity index is 714. The van der Waals surface area contributed by atoms with Crippen molar-refractivity contribution in [3.63, 3.8) is 0 Å². The number of hydrogen-bond donors (Lipinski definition) is 1. The van der Waals surface area contributed by atoms with Crippen molar-refractivity contribution in [2.24, 2.45) is 0 Å². The number of ether oxygens (including phenoxy) is 2. The zero-order valence-corrected chi connectivity index (χ0v) is 13.1. The molecule has 2 rings (SSSR count). The maximum atomic E-state index is 11.9. The molecule has 24 heavy (non-hydrogen) atoms. The van der Waals surface area contributed by atoms with Crippen LogP contribution in [0.15, 0.2) is 54.6 Å². The maximum Gasteiger partial charge on any atom is 0.344 e. The van der Waals surface area contributed by atoms with Crippen LogP contribution >= 0.6 is 0 Å². The first-order valence-electron chi connectivity index (χ1n) is 7.32. The molecule has 1 amide bonds. The van der Waals surface area contributed by atoms with Crippen LogP contribution in [0.4, 0.5) is 5.69 Å². The maximum absolute atomic E-state index is 11.9. The Labute approximate surface area is 139 Å². The van der Waals surface area contributed by atoms with Crippen LogP contribution in [0, 0.1) is 0 Å². The van der Waals surface area contributed by atoms with E-state index in [9.17, 15) is 14.4 Å². The molecule has 0 spiro atoms. The van der Waals surface area contributed by atoms with E-state index in [0.29, 0.717) is 17.5 Å². The largest absolute Gasteiger partial charge is 0.481 e. The van der Waals surface area contributed by atoms with Crippen LogP contribution in [0.2, 0.25) is 0 Å². The fourth-order valence-corrected chi connectivity index (χ4v) is 1.90. The average molecular weight is 327 g/mol. The van der Waals surface area contributed by atoms with Crippen LogP contribution in [0.5, 0.6) is 5.75 Å². The van der Waals surface area contributed by atoms with Gasteiger partial charge in [0.15, 0.2) is 19.0 Å². The third-order valence-electron chi connectivity index (χ3n) is 3.11. The van der Waals surface area contributed by atoms with Gasteiger partial charge in [-0.2, -0.15) is 0 Å². The van der Waals surface area contributed by atoms with Gasteiger partial charge < -0.3 is 14.8 Å². The van der Waals surface area contributed by atoms with E-state index in [0.717, 1.165) is 0 Å². The molecule has 0 heterocycles. The molecule has 0 aliphatic heterocycles. The monoisotopic (exact) mass is 327 g/mol. The summed E-state index contributed by atoms with van der Waals surface area (Å²) >= 11 is 0. The number of anilines is 1. The first kappa shape index (κ1) is 17.2. The van der Waals surface area contributed by atoms with E-state index in [1.54, 1.807) is 48.5 Å². The fraction of sp³-hybridized carbons (Fsp3) is 0.167. The van der Waals surface area contributed by atoms with E-state index >= 15 is 0 Å². The molecule has 2 aromatic rings. The number of hydrogen-bond acceptors (Lipinski definition) is 5. The highest BCUT2D eigenvalue weighted by molar-refractivity contribution is 5.95. The Morgan fingerprint density at radius 3 is 2.46 bits per heavy atom. The Morgan fingerprint density at radius 2 is 1.75 bits per heavy atom. The lowest BCUT2D eigenvalue weighted by Crippen LogP contribution is -2.31. The van der Waals surface area contributed by atoms with Crippen molar-refractivity contribution in [1.82, 2.24) is 0 Å². The molecule has 0 bridgehead atoms. The van der Waals surface area contributed by atoms with E-state index in [1.165, 1.54) is 6.92 Å². The molecule has 0 saturated heterocycles. The summed E-state index contributed by atoms with van der Waals surface area (Å²) in [5.41, 5.74) is 0.946. The Kier molecular flexibility index (Phi) is 6.08. The van der Waals surface area contributed by atoms with E-state index in [4.69, 9.17) is 9.47 Å². The second-order valence-electron chi connectivity index (χ2n) is 4.93. The lowest BCUT2D eigenvalue weighted by atomic mass is 10.2. The molecule has 0 radical (unpaired) electrons. The summed E-state index contributed by atoms with van der Waals surface area (Å²) in [5, 5.41) is 2.64. The van der Waals surface area contributed by atoms with Crippen molar-refractivity contribution in [2.75, 3.05) is 11.9 Å². The standard InChI is InChI=1S/C18H17NO5/c1-13(18(22)19-15-8-3-2-4-9-15)24-17(21)12-23-16-10-6-5-7-14(16)11-20/h2-11,13H,12H2,1H3,(H,19,22)/t13-/m0/s1. The van der Waals surface area contributed by atoms with Gasteiger partial charge in [0.1, 0.15) is 5.75 Å². The number of carbonyl (C=O) groups excluding carboxylic acids is 3. The highest BCUT2D eigenvalue weighted by atomic mass is 16.6. The van der Waals surface area contributed by atoms with Gasteiger partial charge in [0.25, 0.3) is 5.91 Å². The molecule has 0 saturated carbocycles. The van der Waals surface area contributed by atoms with E-state index in [2.05, 4.69) is 5.32 Å². The predicted octanol–water partition coefficient (Wildman–Crippen LogP) is 2.45. The van der Waals surface area contributed by atoms with Gasteiger partial charge in [-0.15, -0.1) is 0 Å². The summed E-state index contributed by atoms with van der Waals surface area (Å²) in [5.74, 6) is -0.861. The Morgan fingerprint density at radius 1 is 1.08 bits per heavy atom. The van der Waals surface area contributed by atoms with Crippen molar-refractivity contribution < 1.29 is 23.9 Å². The normalized spacial score (nSPS) is 11.2.